The molecule has 4 aliphatic heterocycles. The molecule has 0 saturated heterocycles. The summed E-state index contributed by atoms with van der Waals surface area (Å²) in [7, 11) is 0. The van der Waals surface area contributed by atoms with E-state index in [4.69, 9.17) is 37.4 Å². The SMILES string of the molecule is CCCC[N+]1=C(/C=C/C2=C(Cl)C(=C\C=C3/N(CCOCCOCCOCCN4/C(=C/C=C5/CCCC(/C=C/C6=[N+](CCCC)c7ccccc7C6(C)C)=C5Cl)C(C)(C)c5ccccc54)c4ccccc4C3(C)C)/CCC2)C(C)(C)c2ccccc21. The van der Waals surface area contributed by atoms with E-state index < -0.39 is 0 Å². The average Bonchev–Trinajstić information content (AvgIpc) is 2.03. The van der Waals surface area contributed by atoms with Crippen molar-refractivity contribution >= 4 is 57.4 Å². The second-order valence-corrected chi connectivity index (χ2v) is 26.8. The van der Waals surface area contributed by atoms with Crippen LogP contribution in [-0.2, 0) is 35.9 Å². The Morgan fingerprint density at radius 1 is 0.435 bits per heavy atom. The van der Waals surface area contributed by atoms with Gasteiger partial charge in [0.05, 0.1) is 50.5 Å². The molecule has 0 bridgehead atoms. The van der Waals surface area contributed by atoms with E-state index in [1.54, 1.807) is 0 Å². The summed E-state index contributed by atoms with van der Waals surface area (Å²) in [5.41, 5.74) is 20.1. The molecule has 448 valence electrons. The number of hydrogen-bond donors (Lipinski definition) is 0. The van der Waals surface area contributed by atoms with Crippen molar-refractivity contribution in [2.24, 2.45) is 0 Å². The number of ether oxygens (including phenoxy) is 3. The molecule has 9 heteroatoms. The summed E-state index contributed by atoms with van der Waals surface area (Å²) < 4.78 is 23.7. The van der Waals surface area contributed by atoms with Crippen molar-refractivity contribution in [1.29, 1.82) is 0 Å². The first-order chi connectivity index (χ1) is 41.0. The molecule has 4 aromatic rings. The van der Waals surface area contributed by atoms with Gasteiger partial charge in [0.25, 0.3) is 0 Å². The fourth-order valence-corrected chi connectivity index (χ4v) is 14.8. The Hall–Kier alpha value is -5.80. The quantitative estimate of drug-likeness (QED) is 0.0516. The van der Waals surface area contributed by atoms with Gasteiger partial charge in [-0.25, -0.2) is 0 Å². The van der Waals surface area contributed by atoms with E-state index in [2.05, 4.69) is 234 Å². The Morgan fingerprint density at radius 2 is 0.800 bits per heavy atom. The fraction of sp³-hybridized carbons (Fsp3) is 0.447. The summed E-state index contributed by atoms with van der Waals surface area (Å²) in [4.78, 5) is 4.88. The first kappa shape index (κ1) is 62.3. The summed E-state index contributed by atoms with van der Waals surface area (Å²) in [6, 6.07) is 35.4. The second-order valence-electron chi connectivity index (χ2n) is 26.0. The Labute approximate surface area is 520 Å². The van der Waals surface area contributed by atoms with Crippen LogP contribution in [0.5, 0.6) is 0 Å². The molecule has 0 aromatic heterocycles. The van der Waals surface area contributed by atoms with E-state index >= 15 is 0 Å². The van der Waals surface area contributed by atoms with Crippen LogP contribution in [0.3, 0.4) is 0 Å². The van der Waals surface area contributed by atoms with Gasteiger partial charge < -0.3 is 24.0 Å². The van der Waals surface area contributed by atoms with Crippen LogP contribution in [0.4, 0.5) is 22.7 Å². The van der Waals surface area contributed by atoms with Crippen molar-refractivity contribution in [2.75, 3.05) is 75.6 Å². The highest BCUT2D eigenvalue weighted by Crippen LogP contribution is 2.50. The number of para-hydroxylation sites is 4. The molecule has 0 amide bonds. The maximum absolute atomic E-state index is 7.36. The van der Waals surface area contributed by atoms with Crippen molar-refractivity contribution in [3.8, 4) is 0 Å². The number of benzene rings is 4. The third kappa shape index (κ3) is 12.8. The lowest BCUT2D eigenvalue weighted by atomic mass is 9.81. The maximum Gasteiger partial charge on any atom is 0.209 e. The number of fused-ring (bicyclic) bond motifs is 4. The monoisotopic (exact) mass is 1180 g/mol. The predicted octanol–water partition coefficient (Wildman–Crippen LogP) is 18.5. The highest BCUT2D eigenvalue weighted by molar-refractivity contribution is 6.33. The van der Waals surface area contributed by atoms with Crippen molar-refractivity contribution in [1.82, 2.24) is 0 Å². The van der Waals surface area contributed by atoms with Gasteiger partial charge in [0, 0.05) is 105 Å². The lowest BCUT2D eigenvalue weighted by molar-refractivity contribution is -0.438. The molecule has 10 rings (SSSR count). The third-order valence-corrected chi connectivity index (χ3v) is 20.0. The van der Waals surface area contributed by atoms with E-state index in [-0.39, 0.29) is 21.7 Å². The summed E-state index contributed by atoms with van der Waals surface area (Å²) in [5, 5.41) is 1.78. The molecule has 0 N–H and O–H groups in total. The summed E-state index contributed by atoms with van der Waals surface area (Å²) in [6.07, 6.45) is 29.2. The van der Waals surface area contributed by atoms with Crippen LogP contribution in [0.25, 0.3) is 0 Å². The van der Waals surface area contributed by atoms with Gasteiger partial charge in [0.15, 0.2) is 11.4 Å². The normalized spacial score (nSPS) is 21.4. The molecule has 85 heavy (non-hydrogen) atoms. The van der Waals surface area contributed by atoms with Gasteiger partial charge in [-0.05, 0) is 124 Å². The summed E-state index contributed by atoms with van der Waals surface area (Å²) in [5.74, 6) is 0. The van der Waals surface area contributed by atoms with Crippen molar-refractivity contribution in [3.63, 3.8) is 0 Å². The standard InChI is InChI=1S/C76H94Cl2N4O3/c1-11-13-45-79-63-33-19-15-29-59(63)73(3,4)67(79)41-37-55-25-23-27-57(71(55)77)39-43-69-75(7,8)61-31-17-21-35-65(61)81(69)47-49-83-51-53-85-54-52-84-50-48-82-66-36-22-18-32-62(66)76(9,10)70(82)44-40-58-28-24-26-56(72(58)78)38-42-68-74(5,6)60-30-16-20-34-64(60)80(68)46-14-12-2/h15-22,29-44H,11-14,23-28,45-54H2,1-10H3/q+2. The van der Waals surface area contributed by atoms with E-state index in [1.165, 1.54) is 90.1 Å². The highest BCUT2D eigenvalue weighted by Gasteiger charge is 2.46. The first-order valence-electron chi connectivity index (χ1n) is 31.9. The minimum atomic E-state index is -0.184. The second kappa shape index (κ2) is 27.1. The van der Waals surface area contributed by atoms with Crippen molar-refractivity contribution in [3.05, 3.63) is 212 Å². The van der Waals surface area contributed by atoms with Crippen molar-refractivity contribution in [2.45, 2.75) is 155 Å². The lowest BCUT2D eigenvalue weighted by Crippen LogP contribution is -2.29. The molecule has 7 nitrogen and oxygen atoms in total. The van der Waals surface area contributed by atoms with Crippen LogP contribution < -0.4 is 9.80 Å². The van der Waals surface area contributed by atoms with Gasteiger partial charge in [-0.2, -0.15) is 9.15 Å². The molecule has 2 aliphatic carbocycles. The van der Waals surface area contributed by atoms with Crippen molar-refractivity contribution < 1.29 is 23.4 Å². The molecule has 0 fully saturated rings. The van der Waals surface area contributed by atoms with E-state index in [1.807, 2.05) is 0 Å². The number of nitrogens with zero attached hydrogens (tertiary/aromatic N) is 4. The van der Waals surface area contributed by atoms with Crippen LogP contribution in [0.2, 0.25) is 0 Å². The van der Waals surface area contributed by atoms with Gasteiger partial charge in [-0.1, -0.05) is 175 Å². The minimum absolute atomic E-state index is 0.0827. The number of unbranched alkanes of at least 4 members (excludes halogenated alkanes) is 2. The maximum atomic E-state index is 7.36. The smallest absolute Gasteiger partial charge is 0.209 e. The van der Waals surface area contributed by atoms with Gasteiger partial charge in [0.1, 0.15) is 13.1 Å². The number of allylic oxidation sites excluding steroid dienone is 16. The molecule has 4 aromatic carbocycles. The highest BCUT2D eigenvalue weighted by atomic mass is 35.5. The zero-order valence-electron chi connectivity index (χ0n) is 52.8. The van der Waals surface area contributed by atoms with E-state index in [0.717, 1.165) is 100 Å². The molecule has 0 radical (unpaired) electrons. The summed E-state index contributed by atoms with van der Waals surface area (Å²) >= 11 is 14.7. The lowest BCUT2D eigenvalue weighted by Gasteiger charge is -2.27. The molecule has 0 atom stereocenters. The van der Waals surface area contributed by atoms with Crippen LogP contribution in [0.15, 0.2) is 189 Å². The average molecular weight is 1180 g/mol. The molecule has 0 unspecified atom stereocenters. The van der Waals surface area contributed by atoms with Crippen LogP contribution in [0.1, 0.15) is 156 Å². The zero-order chi connectivity index (χ0) is 59.9. The first-order valence-corrected chi connectivity index (χ1v) is 32.7. The molecule has 0 saturated carbocycles. The van der Waals surface area contributed by atoms with Gasteiger partial charge in [-0.3, -0.25) is 0 Å². The van der Waals surface area contributed by atoms with Gasteiger partial charge in [0.2, 0.25) is 11.4 Å². The number of halogens is 2. The van der Waals surface area contributed by atoms with Gasteiger partial charge in [-0.15, -0.1) is 0 Å². The minimum Gasteiger partial charge on any atom is -0.377 e. The molecule has 0 spiro atoms. The molecular formula is C76H94Cl2N4O3+2. The topological polar surface area (TPSA) is 40.2 Å². The van der Waals surface area contributed by atoms with E-state index in [9.17, 15) is 0 Å². The Kier molecular flexibility index (Phi) is 19.8. The van der Waals surface area contributed by atoms with Crippen LogP contribution >= 0.6 is 23.2 Å². The van der Waals surface area contributed by atoms with E-state index in [0.29, 0.717) is 39.6 Å². The zero-order valence-corrected chi connectivity index (χ0v) is 54.3. The molecule has 4 heterocycles. The summed E-state index contributed by atoms with van der Waals surface area (Å²) in [6.45, 7) is 30.0. The Bertz CT molecular complexity index is 3220. The Balaban J connectivity index is 0.726. The largest absolute Gasteiger partial charge is 0.377 e. The van der Waals surface area contributed by atoms with Crippen LogP contribution in [-0.4, -0.2) is 86.4 Å². The number of hydrogen-bond acceptors (Lipinski definition) is 5. The Morgan fingerprint density at radius 3 is 1.20 bits per heavy atom. The third-order valence-electron chi connectivity index (χ3n) is 19.0. The predicted molar refractivity (Wildman–Crippen MR) is 358 cm³/mol. The number of rotatable bonds is 24. The van der Waals surface area contributed by atoms with Crippen LogP contribution in [0, 0.1) is 0 Å². The molecular weight excluding hydrogens is 1090 g/mol. The fourth-order valence-electron chi connectivity index (χ4n) is 14.1. The van der Waals surface area contributed by atoms with Gasteiger partial charge >= 0.3 is 0 Å². The molecule has 6 aliphatic rings. The number of anilines is 2.